The van der Waals surface area contributed by atoms with Gasteiger partial charge in [0.2, 0.25) is 11.9 Å². The average molecular weight is 224 g/mol. The van der Waals surface area contributed by atoms with Crippen molar-refractivity contribution in [1.29, 1.82) is 0 Å². The first-order valence-electron chi connectivity index (χ1n) is 5.64. The first-order valence-corrected chi connectivity index (χ1v) is 5.64. The summed E-state index contributed by atoms with van der Waals surface area (Å²) in [5.41, 5.74) is 5.35. The molecule has 90 valence electrons. The fraction of sp³-hybridized carbons (Fsp3) is 0.636. The van der Waals surface area contributed by atoms with Crippen LogP contribution in [-0.4, -0.2) is 22.0 Å². The second-order valence-corrected chi connectivity index (χ2v) is 4.24. The number of nitrogens with two attached hydrogens (primary N) is 1. The summed E-state index contributed by atoms with van der Waals surface area (Å²) >= 11 is 0. The van der Waals surface area contributed by atoms with Gasteiger partial charge in [-0.1, -0.05) is 13.8 Å². The van der Waals surface area contributed by atoms with E-state index < -0.39 is 0 Å². The normalized spacial score (nSPS) is 10.8. The number of rotatable bonds is 6. The lowest BCUT2D eigenvalue weighted by molar-refractivity contribution is -0.116. The number of imidazole rings is 1. The molecule has 3 N–H and O–H groups in total. The minimum atomic E-state index is -0.0262. The Morgan fingerprint density at radius 1 is 1.62 bits per heavy atom. The van der Waals surface area contributed by atoms with Crippen LogP contribution in [0.2, 0.25) is 0 Å². The van der Waals surface area contributed by atoms with Crippen LogP contribution in [0.1, 0.15) is 26.7 Å². The van der Waals surface area contributed by atoms with Crippen LogP contribution in [0.4, 0.5) is 5.95 Å². The molecular weight excluding hydrogens is 204 g/mol. The van der Waals surface area contributed by atoms with E-state index in [-0.39, 0.29) is 5.91 Å². The summed E-state index contributed by atoms with van der Waals surface area (Å²) in [7, 11) is 0. The Morgan fingerprint density at radius 2 is 2.38 bits per heavy atom. The van der Waals surface area contributed by atoms with Gasteiger partial charge in [0, 0.05) is 25.4 Å². The molecule has 5 heteroatoms. The van der Waals surface area contributed by atoms with Crippen LogP contribution in [0.3, 0.4) is 0 Å². The number of nitrogens with one attached hydrogen (secondary N) is 1. The van der Waals surface area contributed by atoms with Crippen molar-refractivity contribution in [2.24, 2.45) is 11.7 Å². The molecule has 0 aliphatic carbocycles. The van der Waals surface area contributed by atoms with Crippen LogP contribution >= 0.6 is 0 Å². The quantitative estimate of drug-likeness (QED) is 0.763. The Bertz CT molecular complexity index is 332. The molecule has 0 spiro atoms. The minimum Gasteiger partial charge on any atom is -0.330 e. The van der Waals surface area contributed by atoms with Gasteiger partial charge in [0.15, 0.2) is 0 Å². The summed E-state index contributed by atoms with van der Waals surface area (Å²) in [6.45, 7) is 5.64. The molecule has 0 bridgehead atoms. The van der Waals surface area contributed by atoms with E-state index in [1.54, 1.807) is 6.20 Å². The minimum absolute atomic E-state index is 0.0262. The number of hydrogen-bond acceptors (Lipinski definition) is 3. The smallest absolute Gasteiger partial charge is 0.226 e. The number of hydrogen-bond donors (Lipinski definition) is 2. The van der Waals surface area contributed by atoms with Gasteiger partial charge in [0.05, 0.1) is 0 Å². The molecule has 0 saturated carbocycles. The van der Waals surface area contributed by atoms with Gasteiger partial charge < -0.3 is 10.3 Å². The predicted molar refractivity (Wildman–Crippen MR) is 64.0 cm³/mol. The lowest BCUT2D eigenvalue weighted by atomic mass is 10.2. The molecule has 16 heavy (non-hydrogen) atoms. The van der Waals surface area contributed by atoms with E-state index in [1.165, 1.54) is 0 Å². The maximum Gasteiger partial charge on any atom is 0.226 e. The first-order chi connectivity index (χ1) is 7.63. The number of amides is 1. The van der Waals surface area contributed by atoms with Crippen molar-refractivity contribution >= 4 is 11.9 Å². The molecule has 1 aromatic heterocycles. The number of aromatic nitrogens is 2. The van der Waals surface area contributed by atoms with E-state index in [0.717, 1.165) is 6.54 Å². The van der Waals surface area contributed by atoms with E-state index in [4.69, 9.17) is 5.73 Å². The maximum absolute atomic E-state index is 11.5. The van der Waals surface area contributed by atoms with Crippen molar-refractivity contribution in [3.05, 3.63) is 12.4 Å². The highest BCUT2D eigenvalue weighted by Gasteiger charge is 2.07. The maximum atomic E-state index is 11.5. The topological polar surface area (TPSA) is 72.9 Å². The zero-order valence-corrected chi connectivity index (χ0v) is 9.94. The third-order valence-corrected chi connectivity index (χ3v) is 2.14. The number of nitrogens with zero attached hydrogens (tertiary/aromatic N) is 2. The molecule has 0 aliphatic rings. The van der Waals surface area contributed by atoms with Crippen molar-refractivity contribution in [1.82, 2.24) is 9.55 Å². The molecule has 0 unspecified atom stereocenters. The predicted octanol–water partition coefficient (Wildman–Crippen LogP) is 1.22. The summed E-state index contributed by atoms with van der Waals surface area (Å²) < 4.78 is 1.95. The van der Waals surface area contributed by atoms with Crippen molar-refractivity contribution in [3.63, 3.8) is 0 Å². The van der Waals surface area contributed by atoms with Gasteiger partial charge >= 0.3 is 0 Å². The molecule has 0 aliphatic heterocycles. The highest BCUT2D eigenvalue weighted by molar-refractivity contribution is 5.88. The first kappa shape index (κ1) is 12.7. The van der Waals surface area contributed by atoms with E-state index in [0.29, 0.717) is 31.3 Å². The Balaban J connectivity index is 2.52. The molecule has 1 rings (SSSR count). The highest BCUT2D eigenvalue weighted by atomic mass is 16.1. The molecule has 0 radical (unpaired) electrons. The van der Waals surface area contributed by atoms with Gasteiger partial charge in [0.25, 0.3) is 0 Å². The summed E-state index contributed by atoms with van der Waals surface area (Å²) in [5, 5.41) is 2.79. The molecular formula is C11H20N4O. The van der Waals surface area contributed by atoms with Crippen molar-refractivity contribution in [2.75, 3.05) is 11.9 Å². The summed E-state index contributed by atoms with van der Waals surface area (Å²) in [4.78, 5) is 15.6. The molecule has 0 saturated heterocycles. The Hall–Kier alpha value is -1.36. The van der Waals surface area contributed by atoms with Crippen LogP contribution < -0.4 is 11.1 Å². The van der Waals surface area contributed by atoms with Gasteiger partial charge in [-0.3, -0.25) is 10.1 Å². The van der Waals surface area contributed by atoms with Gasteiger partial charge in [-0.2, -0.15) is 0 Å². The van der Waals surface area contributed by atoms with Gasteiger partial charge in [0.1, 0.15) is 0 Å². The SMILES string of the molecule is CC(C)Cn1ccnc1NC(=O)CCCN. The van der Waals surface area contributed by atoms with E-state index in [1.807, 2.05) is 10.8 Å². The zero-order chi connectivity index (χ0) is 12.0. The fourth-order valence-electron chi connectivity index (χ4n) is 1.42. The van der Waals surface area contributed by atoms with Gasteiger partial charge in [-0.15, -0.1) is 0 Å². The molecule has 1 aromatic rings. The van der Waals surface area contributed by atoms with Crippen molar-refractivity contribution in [3.8, 4) is 0 Å². The van der Waals surface area contributed by atoms with E-state index in [2.05, 4.69) is 24.1 Å². The molecule has 0 atom stereocenters. The Labute approximate surface area is 96.0 Å². The molecule has 1 amide bonds. The zero-order valence-electron chi connectivity index (χ0n) is 9.94. The molecule has 0 fully saturated rings. The van der Waals surface area contributed by atoms with E-state index in [9.17, 15) is 4.79 Å². The average Bonchev–Trinajstić information content (AvgIpc) is 2.62. The standard InChI is InChI=1S/C11H20N4O/c1-9(2)8-15-7-6-13-11(15)14-10(16)4-3-5-12/h6-7,9H,3-5,8,12H2,1-2H3,(H,13,14,16). The number of anilines is 1. The number of carbonyl (C=O) groups is 1. The van der Waals surface area contributed by atoms with Crippen LogP contribution in [-0.2, 0) is 11.3 Å². The Morgan fingerprint density at radius 3 is 3.00 bits per heavy atom. The molecule has 1 heterocycles. The van der Waals surface area contributed by atoms with E-state index >= 15 is 0 Å². The highest BCUT2D eigenvalue weighted by Crippen LogP contribution is 2.08. The number of carbonyl (C=O) groups excluding carboxylic acids is 1. The second-order valence-electron chi connectivity index (χ2n) is 4.24. The third kappa shape index (κ3) is 4.02. The largest absolute Gasteiger partial charge is 0.330 e. The summed E-state index contributed by atoms with van der Waals surface area (Å²) in [5.74, 6) is 1.12. The monoisotopic (exact) mass is 224 g/mol. The summed E-state index contributed by atoms with van der Waals surface area (Å²) in [6, 6.07) is 0. The van der Waals surface area contributed by atoms with Crippen LogP contribution in [0.25, 0.3) is 0 Å². The van der Waals surface area contributed by atoms with Gasteiger partial charge in [-0.05, 0) is 18.9 Å². The summed E-state index contributed by atoms with van der Waals surface area (Å²) in [6.07, 6.45) is 4.72. The lowest BCUT2D eigenvalue weighted by Crippen LogP contribution is -2.17. The molecule has 5 nitrogen and oxygen atoms in total. The Kier molecular flexibility index (Phi) is 4.98. The van der Waals surface area contributed by atoms with Crippen LogP contribution in [0, 0.1) is 5.92 Å². The van der Waals surface area contributed by atoms with Gasteiger partial charge in [-0.25, -0.2) is 4.98 Å². The van der Waals surface area contributed by atoms with Crippen LogP contribution in [0.5, 0.6) is 0 Å². The fourth-order valence-corrected chi connectivity index (χ4v) is 1.42. The van der Waals surface area contributed by atoms with Crippen LogP contribution in [0.15, 0.2) is 12.4 Å². The van der Waals surface area contributed by atoms with Crippen molar-refractivity contribution < 1.29 is 4.79 Å². The lowest BCUT2D eigenvalue weighted by Gasteiger charge is -2.10. The third-order valence-electron chi connectivity index (χ3n) is 2.14. The van der Waals surface area contributed by atoms with Crippen molar-refractivity contribution in [2.45, 2.75) is 33.2 Å². The second kappa shape index (κ2) is 6.27. The molecule has 0 aromatic carbocycles.